The smallest absolute Gasteiger partial charge is 0.00198 e. The van der Waals surface area contributed by atoms with Crippen LogP contribution in [0.5, 0.6) is 0 Å². The van der Waals surface area contributed by atoms with E-state index in [4.69, 9.17) is 0 Å². The van der Waals surface area contributed by atoms with Gasteiger partial charge in [0.25, 0.3) is 0 Å². The Morgan fingerprint density at radius 1 is 0.130 bits per heavy atom. The van der Waals surface area contributed by atoms with Crippen LogP contribution in [0.2, 0.25) is 0 Å². The summed E-state index contributed by atoms with van der Waals surface area (Å²) in [5.74, 6) is 0. The third kappa shape index (κ3) is 15.5. The first-order valence-corrected chi connectivity index (χ1v) is 48.2. The second kappa shape index (κ2) is 35.3. The van der Waals surface area contributed by atoms with Crippen LogP contribution < -0.4 is 0 Å². The van der Waals surface area contributed by atoms with Gasteiger partial charge in [-0.25, -0.2) is 0 Å². The van der Waals surface area contributed by atoms with Crippen LogP contribution in [0.25, 0.3) is 252 Å². The molecular weight excluding hydrogens is 1660 g/mol. The highest BCUT2D eigenvalue weighted by Crippen LogP contribution is 2.53. The standard InChI is InChI=1S/C48H36.C48H32.C42H30/c1-48(2,3)37-24-26-41-45(30-37)47(43-29-35-17-9-10-18-38(35)39-19-11-12-20-40(39)43)42-25-23-34(31-13-5-4-6-14-31)28-44(42)46(41)36-22-21-32-15-7-8-16-33(32)27-36;1-4-13-33(14-5-1)38-21-12-22-39(29-38)41-26-28-44-46(32-41)48(42-24-23-35-17-10-11-20-37(35)30-42)45-31-40(34-15-6-2-7-16-34)25-27-43(45)47(44)36-18-8-3-9-19-36;1-27-16-21-36-38(22-27)42(35-20-18-30-11-7-9-15-33(30)25-35)40-26-37(31-12-4-3-5-13-31)28(2)23-39(40)41(36)34-19-17-29-10-6-8-14-32(29)24-34/h4-30H,1-3H3;1-32H;3-26H,1-2H3. The Balaban J connectivity index is 0.000000113. The van der Waals surface area contributed by atoms with Crippen LogP contribution >= 0.6 is 0 Å². The molecule has 0 radical (unpaired) electrons. The molecule has 0 aromatic heterocycles. The van der Waals surface area contributed by atoms with Crippen molar-refractivity contribution in [3.8, 4) is 122 Å². The van der Waals surface area contributed by atoms with Crippen molar-refractivity contribution in [2.24, 2.45) is 0 Å². The Bertz CT molecular complexity index is 9280. The molecule has 0 amide bonds. The highest BCUT2D eigenvalue weighted by molar-refractivity contribution is 6.29. The monoisotopic (exact) mass is 1750 g/mol. The Kier molecular flexibility index (Phi) is 21.5. The van der Waals surface area contributed by atoms with Crippen LogP contribution in [-0.4, -0.2) is 0 Å². The van der Waals surface area contributed by atoms with Gasteiger partial charge in [0.15, 0.2) is 0 Å². The maximum atomic E-state index is 2.48. The molecule has 0 saturated carbocycles. The van der Waals surface area contributed by atoms with Crippen molar-refractivity contribution in [2.75, 3.05) is 0 Å². The van der Waals surface area contributed by atoms with Crippen molar-refractivity contribution in [1.82, 2.24) is 0 Å². The maximum Gasteiger partial charge on any atom is -0.00198 e. The van der Waals surface area contributed by atoms with Gasteiger partial charge in [-0.2, -0.15) is 0 Å². The highest BCUT2D eigenvalue weighted by atomic mass is 14.3. The quantitative estimate of drug-likeness (QED) is 0.0894. The molecule has 650 valence electrons. The van der Waals surface area contributed by atoms with Crippen LogP contribution in [0, 0.1) is 13.8 Å². The average molecular weight is 1760 g/mol. The summed E-state index contributed by atoms with van der Waals surface area (Å²) in [5.41, 5.74) is 31.4. The molecule has 0 bridgehead atoms. The zero-order valence-electron chi connectivity index (χ0n) is 77.9. The van der Waals surface area contributed by atoms with Crippen molar-refractivity contribution < 1.29 is 0 Å². The van der Waals surface area contributed by atoms with E-state index in [2.05, 4.69) is 538 Å². The molecule has 0 spiro atoms. The van der Waals surface area contributed by atoms with Crippen LogP contribution in [0.4, 0.5) is 0 Å². The summed E-state index contributed by atoms with van der Waals surface area (Å²) < 4.78 is 0. The molecule has 26 aromatic carbocycles. The summed E-state index contributed by atoms with van der Waals surface area (Å²) in [6, 6.07) is 186. The summed E-state index contributed by atoms with van der Waals surface area (Å²) in [7, 11) is 0. The van der Waals surface area contributed by atoms with Gasteiger partial charge in [0.1, 0.15) is 0 Å². The summed E-state index contributed by atoms with van der Waals surface area (Å²) >= 11 is 0. The molecule has 0 heteroatoms. The van der Waals surface area contributed by atoms with E-state index < -0.39 is 0 Å². The van der Waals surface area contributed by atoms with Gasteiger partial charge in [-0.15, -0.1) is 0 Å². The van der Waals surface area contributed by atoms with Crippen molar-refractivity contribution >= 4 is 129 Å². The van der Waals surface area contributed by atoms with E-state index in [0.29, 0.717) is 0 Å². The van der Waals surface area contributed by atoms with Gasteiger partial charge in [0, 0.05) is 0 Å². The fourth-order valence-electron chi connectivity index (χ4n) is 21.7. The molecule has 26 rings (SSSR count). The largest absolute Gasteiger partial charge is 0.0622 e. The molecule has 0 nitrogen and oxygen atoms in total. The highest BCUT2D eigenvalue weighted by Gasteiger charge is 2.27. The minimum absolute atomic E-state index is 0.00610. The molecule has 26 aromatic rings. The molecule has 0 aliphatic heterocycles. The number of benzene rings is 26. The molecule has 0 fully saturated rings. The summed E-state index contributed by atoms with van der Waals surface area (Å²) in [6.45, 7) is 11.4. The topological polar surface area (TPSA) is 0 Å². The van der Waals surface area contributed by atoms with Crippen molar-refractivity contribution in [3.05, 3.63) is 520 Å². The van der Waals surface area contributed by atoms with E-state index >= 15 is 0 Å². The van der Waals surface area contributed by atoms with Crippen LogP contribution in [-0.2, 0) is 5.41 Å². The summed E-state index contributed by atoms with van der Waals surface area (Å²) in [4.78, 5) is 0. The Morgan fingerprint density at radius 2 is 0.420 bits per heavy atom. The lowest BCUT2D eigenvalue weighted by Gasteiger charge is -2.24. The van der Waals surface area contributed by atoms with Gasteiger partial charge in [0.05, 0.1) is 0 Å². The molecule has 0 unspecified atom stereocenters. The van der Waals surface area contributed by atoms with E-state index in [0.717, 1.165) is 0 Å². The summed E-state index contributed by atoms with van der Waals surface area (Å²) in [5, 5.41) is 30.5. The van der Waals surface area contributed by atoms with Crippen molar-refractivity contribution in [1.29, 1.82) is 0 Å². The lowest BCUT2D eigenvalue weighted by Crippen LogP contribution is -2.10. The number of hydrogen-bond acceptors (Lipinski definition) is 0. The molecule has 0 heterocycles. The average Bonchev–Trinajstić information content (AvgIpc) is 0.730. The number of hydrogen-bond donors (Lipinski definition) is 0. The number of fused-ring (bicyclic) bond motifs is 13. The Morgan fingerprint density at radius 3 is 0.862 bits per heavy atom. The van der Waals surface area contributed by atoms with E-state index in [1.165, 1.54) is 268 Å². The third-order valence-electron chi connectivity index (χ3n) is 28.6. The van der Waals surface area contributed by atoms with Crippen molar-refractivity contribution in [3.63, 3.8) is 0 Å². The maximum absolute atomic E-state index is 2.48. The fraction of sp³-hybridized carbons (Fsp3) is 0.0435. The predicted molar refractivity (Wildman–Crippen MR) is 597 cm³/mol. The van der Waals surface area contributed by atoms with Crippen LogP contribution in [0.3, 0.4) is 0 Å². The lowest BCUT2D eigenvalue weighted by atomic mass is 9.80. The fourth-order valence-corrected chi connectivity index (χ4v) is 21.7. The van der Waals surface area contributed by atoms with Gasteiger partial charge in [-0.1, -0.05) is 463 Å². The summed E-state index contributed by atoms with van der Waals surface area (Å²) in [6.07, 6.45) is 0. The normalized spacial score (nSPS) is 11.7. The molecule has 0 aliphatic carbocycles. The zero-order chi connectivity index (χ0) is 92.5. The van der Waals surface area contributed by atoms with Gasteiger partial charge in [-0.05, 0) is 349 Å². The second-order valence-corrected chi connectivity index (χ2v) is 38.2. The third-order valence-corrected chi connectivity index (χ3v) is 28.6. The lowest BCUT2D eigenvalue weighted by molar-refractivity contribution is 0.591. The molecule has 0 aliphatic rings. The van der Waals surface area contributed by atoms with Crippen LogP contribution in [0.1, 0.15) is 37.5 Å². The van der Waals surface area contributed by atoms with Gasteiger partial charge < -0.3 is 0 Å². The van der Waals surface area contributed by atoms with E-state index in [-0.39, 0.29) is 5.41 Å². The minimum Gasteiger partial charge on any atom is -0.0622 e. The van der Waals surface area contributed by atoms with Crippen LogP contribution in [0.15, 0.2) is 504 Å². The molecule has 0 saturated heterocycles. The molecule has 0 atom stereocenters. The predicted octanol–water partition coefficient (Wildman–Crippen LogP) is 39.1. The molecule has 0 N–H and O–H groups in total. The Hall–Kier alpha value is -17.2. The van der Waals surface area contributed by atoms with E-state index in [9.17, 15) is 0 Å². The van der Waals surface area contributed by atoms with E-state index in [1.807, 2.05) is 0 Å². The van der Waals surface area contributed by atoms with Gasteiger partial charge in [-0.3, -0.25) is 0 Å². The van der Waals surface area contributed by atoms with Crippen molar-refractivity contribution in [2.45, 2.75) is 40.0 Å². The second-order valence-electron chi connectivity index (χ2n) is 38.2. The van der Waals surface area contributed by atoms with Gasteiger partial charge in [0.2, 0.25) is 0 Å². The first-order valence-electron chi connectivity index (χ1n) is 48.2. The number of aryl methyl sites for hydroxylation is 2. The minimum atomic E-state index is 0.00610. The number of rotatable bonds is 11. The first kappa shape index (κ1) is 83.9. The molecular formula is C138H98. The first-order chi connectivity index (χ1) is 67.9. The SMILES string of the molecule is CC(C)(C)c1ccc2c(-c3ccc4ccccc4c3)c3cc(-c4ccccc4)ccc3c(-c3cc4ccccc4c4ccccc34)c2c1.Cc1ccc2c(-c3ccc4ccccc4c3)c3cc(C)c(-c4ccccc4)cc3c(-c3ccc4ccccc4c3)c2c1.c1ccc(-c2cccc(-c3ccc4c(-c5ccccc5)c5ccc(-c6ccccc6)cc5c(-c5ccc6ccccc6c5)c4c3)c2)cc1. The zero-order valence-corrected chi connectivity index (χ0v) is 77.9. The van der Waals surface area contributed by atoms with Gasteiger partial charge >= 0.3 is 0 Å². The van der Waals surface area contributed by atoms with E-state index in [1.54, 1.807) is 0 Å². The molecule has 138 heavy (non-hydrogen) atoms. The Labute approximate surface area is 806 Å².